The summed E-state index contributed by atoms with van der Waals surface area (Å²) in [4.78, 5) is 22.7. The maximum absolute atomic E-state index is 11.8. The molecule has 0 atom stereocenters. The molecule has 5 heteroatoms. The minimum Gasteiger partial charge on any atom is -0.484 e. The molecule has 5 nitrogen and oxygen atoms in total. The second-order valence-electron chi connectivity index (χ2n) is 5.32. The number of hydrogen-bond acceptors (Lipinski definition) is 3. The molecule has 0 heterocycles. The lowest BCUT2D eigenvalue weighted by molar-refractivity contribution is -0.123. The van der Waals surface area contributed by atoms with E-state index in [9.17, 15) is 9.59 Å². The predicted molar refractivity (Wildman–Crippen MR) is 86.7 cm³/mol. The van der Waals surface area contributed by atoms with Crippen molar-refractivity contribution in [2.24, 2.45) is 0 Å². The first-order valence-corrected chi connectivity index (χ1v) is 7.24. The minimum atomic E-state index is -0.990. The van der Waals surface area contributed by atoms with Gasteiger partial charge in [0.25, 0.3) is 5.91 Å². The van der Waals surface area contributed by atoms with Gasteiger partial charge in [0, 0.05) is 6.54 Å². The van der Waals surface area contributed by atoms with Crippen LogP contribution in [-0.4, -0.2) is 23.6 Å². The van der Waals surface area contributed by atoms with Gasteiger partial charge in [0.2, 0.25) is 0 Å². The Labute approximate surface area is 134 Å². The Bertz CT molecular complexity index is 725. The second-order valence-corrected chi connectivity index (χ2v) is 5.32. The third kappa shape index (κ3) is 4.85. The lowest BCUT2D eigenvalue weighted by Crippen LogP contribution is -2.28. The van der Waals surface area contributed by atoms with Crippen molar-refractivity contribution >= 4 is 11.9 Å². The Kier molecular flexibility index (Phi) is 5.36. The van der Waals surface area contributed by atoms with Crippen LogP contribution in [0.25, 0.3) is 0 Å². The molecule has 0 aliphatic heterocycles. The van der Waals surface area contributed by atoms with Gasteiger partial charge in [-0.25, -0.2) is 4.79 Å². The van der Waals surface area contributed by atoms with Crippen LogP contribution in [0.4, 0.5) is 0 Å². The fourth-order valence-corrected chi connectivity index (χ4v) is 2.02. The molecule has 2 aromatic rings. The number of aryl methyl sites for hydroxylation is 2. The highest BCUT2D eigenvalue weighted by Gasteiger charge is 2.06. The highest BCUT2D eigenvalue weighted by atomic mass is 16.5. The van der Waals surface area contributed by atoms with Gasteiger partial charge in [-0.1, -0.05) is 18.2 Å². The van der Waals surface area contributed by atoms with Gasteiger partial charge in [-0.3, -0.25) is 4.79 Å². The number of rotatable bonds is 6. The van der Waals surface area contributed by atoms with Crippen LogP contribution >= 0.6 is 0 Å². The normalized spacial score (nSPS) is 10.2. The van der Waals surface area contributed by atoms with Crippen molar-refractivity contribution in [3.63, 3.8) is 0 Å². The van der Waals surface area contributed by atoms with Crippen molar-refractivity contribution in [2.45, 2.75) is 20.4 Å². The Hall–Kier alpha value is -2.82. The molecular weight excluding hydrogens is 294 g/mol. The quantitative estimate of drug-likeness (QED) is 0.860. The lowest BCUT2D eigenvalue weighted by Gasteiger charge is -2.09. The third-order valence-corrected chi connectivity index (χ3v) is 3.51. The van der Waals surface area contributed by atoms with Gasteiger partial charge in [0.1, 0.15) is 5.75 Å². The molecule has 2 aromatic carbocycles. The zero-order valence-corrected chi connectivity index (χ0v) is 13.1. The first-order chi connectivity index (χ1) is 11.0. The molecule has 0 saturated carbocycles. The van der Waals surface area contributed by atoms with E-state index in [4.69, 9.17) is 9.84 Å². The topological polar surface area (TPSA) is 75.6 Å². The summed E-state index contributed by atoms with van der Waals surface area (Å²) >= 11 is 0. The first-order valence-electron chi connectivity index (χ1n) is 7.24. The zero-order valence-electron chi connectivity index (χ0n) is 13.1. The largest absolute Gasteiger partial charge is 0.484 e. The molecule has 0 unspecified atom stereocenters. The SMILES string of the molecule is Cc1ccc(OCC(=O)NCc2cccc(C(=O)O)c2)cc1C. The Morgan fingerprint density at radius 2 is 1.87 bits per heavy atom. The summed E-state index contributed by atoms with van der Waals surface area (Å²) in [5.74, 6) is -0.601. The number of carboxylic acid groups (broad SMARTS) is 1. The third-order valence-electron chi connectivity index (χ3n) is 3.51. The van der Waals surface area contributed by atoms with Crippen LogP contribution in [0, 0.1) is 13.8 Å². The van der Waals surface area contributed by atoms with Crippen molar-refractivity contribution < 1.29 is 19.4 Å². The number of amides is 1. The van der Waals surface area contributed by atoms with Crippen molar-refractivity contribution in [2.75, 3.05) is 6.61 Å². The van der Waals surface area contributed by atoms with E-state index < -0.39 is 5.97 Å². The number of carbonyl (C=O) groups excluding carboxylic acids is 1. The van der Waals surface area contributed by atoms with Gasteiger partial charge < -0.3 is 15.2 Å². The highest BCUT2D eigenvalue weighted by Crippen LogP contribution is 2.16. The molecule has 0 spiro atoms. The molecule has 0 aliphatic rings. The molecule has 0 fully saturated rings. The standard InChI is InChI=1S/C18H19NO4/c1-12-6-7-16(8-13(12)2)23-11-17(20)19-10-14-4-3-5-15(9-14)18(21)22/h3-9H,10-11H2,1-2H3,(H,19,20)(H,21,22). The summed E-state index contributed by atoms with van der Waals surface area (Å²) in [5.41, 5.74) is 3.20. The summed E-state index contributed by atoms with van der Waals surface area (Å²) in [6, 6.07) is 12.1. The molecule has 0 bridgehead atoms. The summed E-state index contributed by atoms with van der Waals surface area (Å²) in [5, 5.41) is 11.6. The molecule has 120 valence electrons. The number of carbonyl (C=O) groups is 2. The van der Waals surface area contributed by atoms with E-state index in [1.54, 1.807) is 12.1 Å². The second kappa shape index (κ2) is 7.45. The molecular formula is C18H19NO4. The van der Waals surface area contributed by atoms with E-state index in [0.29, 0.717) is 5.75 Å². The lowest BCUT2D eigenvalue weighted by atomic mass is 10.1. The molecule has 23 heavy (non-hydrogen) atoms. The van der Waals surface area contributed by atoms with Gasteiger partial charge in [0.15, 0.2) is 6.61 Å². The van der Waals surface area contributed by atoms with Crippen molar-refractivity contribution in [1.29, 1.82) is 0 Å². The van der Waals surface area contributed by atoms with Gasteiger partial charge in [-0.15, -0.1) is 0 Å². The summed E-state index contributed by atoms with van der Waals surface area (Å²) < 4.78 is 5.45. The average molecular weight is 313 g/mol. The van der Waals surface area contributed by atoms with E-state index in [2.05, 4.69) is 5.32 Å². The first kappa shape index (κ1) is 16.5. The number of benzene rings is 2. The van der Waals surface area contributed by atoms with Gasteiger partial charge in [-0.2, -0.15) is 0 Å². The molecule has 0 aliphatic carbocycles. The maximum atomic E-state index is 11.8. The summed E-state index contributed by atoms with van der Waals surface area (Å²) in [6.07, 6.45) is 0. The van der Waals surface area contributed by atoms with Crippen molar-refractivity contribution in [1.82, 2.24) is 5.32 Å². The number of carboxylic acids is 1. The molecule has 2 rings (SSSR count). The van der Waals surface area contributed by atoms with Crippen LogP contribution in [0.1, 0.15) is 27.0 Å². The van der Waals surface area contributed by atoms with E-state index in [1.807, 2.05) is 32.0 Å². The number of ether oxygens (including phenoxy) is 1. The zero-order chi connectivity index (χ0) is 16.8. The van der Waals surface area contributed by atoms with Crippen molar-refractivity contribution in [3.05, 3.63) is 64.7 Å². The van der Waals surface area contributed by atoms with Crippen LogP contribution < -0.4 is 10.1 Å². The van der Waals surface area contributed by atoms with Crippen molar-refractivity contribution in [3.8, 4) is 5.75 Å². The van der Waals surface area contributed by atoms with Crippen LogP contribution in [0.2, 0.25) is 0 Å². The van der Waals surface area contributed by atoms with Gasteiger partial charge >= 0.3 is 5.97 Å². The van der Waals surface area contributed by atoms with Gasteiger partial charge in [0.05, 0.1) is 5.56 Å². The maximum Gasteiger partial charge on any atom is 0.335 e. The highest BCUT2D eigenvalue weighted by molar-refractivity contribution is 5.87. The fourth-order valence-electron chi connectivity index (χ4n) is 2.02. The smallest absolute Gasteiger partial charge is 0.335 e. The van der Waals surface area contributed by atoms with E-state index in [-0.39, 0.29) is 24.6 Å². The van der Waals surface area contributed by atoms with E-state index in [1.165, 1.54) is 17.7 Å². The monoisotopic (exact) mass is 313 g/mol. The Morgan fingerprint density at radius 1 is 1.09 bits per heavy atom. The molecule has 0 saturated heterocycles. The molecule has 2 N–H and O–H groups in total. The van der Waals surface area contributed by atoms with Crippen LogP contribution in [-0.2, 0) is 11.3 Å². The van der Waals surface area contributed by atoms with E-state index >= 15 is 0 Å². The van der Waals surface area contributed by atoms with Crippen LogP contribution in [0.3, 0.4) is 0 Å². The minimum absolute atomic E-state index is 0.0822. The predicted octanol–water partition coefficient (Wildman–Crippen LogP) is 2.70. The fraction of sp³-hybridized carbons (Fsp3) is 0.222. The number of nitrogens with one attached hydrogen (secondary N) is 1. The van der Waals surface area contributed by atoms with E-state index in [0.717, 1.165) is 11.1 Å². The summed E-state index contributed by atoms with van der Waals surface area (Å²) in [6.45, 7) is 4.17. The Morgan fingerprint density at radius 3 is 2.57 bits per heavy atom. The number of aromatic carboxylic acids is 1. The molecule has 0 radical (unpaired) electrons. The molecule has 1 amide bonds. The number of hydrogen-bond donors (Lipinski definition) is 2. The van der Waals surface area contributed by atoms with Crippen LogP contribution in [0.5, 0.6) is 5.75 Å². The average Bonchev–Trinajstić information content (AvgIpc) is 2.54. The van der Waals surface area contributed by atoms with Gasteiger partial charge in [-0.05, 0) is 54.8 Å². The summed E-state index contributed by atoms with van der Waals surface area (Å²) in [7, 11) is 0. The molecule has 0 aromatic heterocycles. The van der Waals surface area contributed by atoms with Crippen LogP contribution in [0.15, 0.2) is 42.5 Å². The Balaban J connectivity index is 1.84.